The van der Waals surface area contributed by atoms with Crippen molar-refractivity contribution in [2.24, 2.45) is 0 Å². The number of furan rings is 1. The van der Waals surface area contributed by atoms with Gasteiger partial charge in [0.05, 0.1) is 35.7 Å². The maximum absolute atomic E-state index is 12.7. The highest BCUT2D eigenvalue weighted by molar-refractivity contribution is 7.99. The van der Waals surface area contributed by atoms with E-state index in [9.17, 15) is 9.59 Å². The molecule has 4 rings (SSSR count). The molecule has 2 aromatic carbocycles. The number of para-hydroxylation sites is 1. The van der Waals surface area contributed by atoms with E-state index in [4.69, 9.17) is 25.5 Å². The van der Waals surface area contributed by atoms with Crippen LogP contribution in [0.15, 0.2) is 64.7 Å². The van der Waals surface area contributed by atoms with Gasteiger partial charge in [0.1, 0.15) is 0 Å². The number of nitrogens with one attached hydrogen (secondary N) is 1. The molecule has 0 saturated carbocycles. The summed E-state index contributed by atoms with van der Waals surface area (Å²) in [4.78, 5) is 24.7. The van der Waals surface area contributed by atoms with Crippen LogP contribution >= 0.6 is 23.4 Å². The average Bonchev–Trinajstić information content (AvgIpc) is 3.48. The number of ether oxygens (including phenoxy) is 2. The molecule has 36 heavy (non-hydrogen) atoms. The number of nitrogens with zero attached hydrogens (tertiary/aromatic N) is 3. The number of aromatic nitrogens is 3. The summed E-state index contributed by atoms with van der Waals surface area (Å²) in [5.41, 5.74) is 1.22. The van der Waals surface area contributed by atoms with Gasteiger partial charge < -0.3 is 19.2 Å². The summed E-state index contributed by atoms with van der Waals surface area (Å²) in [6, 6.07) is 12.0. The van der Waals surface area contributed by atoms with Crippen molar-refractivity contribution < 1.29 is 23.5 Å². The second-order valence-corrected chi connectivity index (χ2v) is 8.80. The van der Waals surface area contributed by atoms with E-state index in [-0.39, 0.29) is 18.3 Å². The van der Waals surface area contributed by atoms with Crippen LogP contribution in [0.1, 0.15) is 17.3 Å². The molecule has 4 aromatic rings. The van der Waals surface area contributed by atoms with Crippen LogP contribution in [0.25, 0.3) is 22.6 Å². The van der Waals surface area contributed by atoms with Crippen molar-refractivity contribution in [2.75, 3.05) is 24.8 Å². The number of hydrogen-bond acceptors (Lipinski definition) is 8. The smallest absolute Gasteiger partial charge is 0.338 e. The van der Waals surface area contributed by atoms with Crippen LogP contribution in [0.3, 0.4) is 0 Å². The van der Waals surface area contributed by atoms with Crippen molar-refractivity contribution in [2.45, 2.75) is 18.6 Å². The third-order valence-corrected chi connectivity index (χ3v) is 6.36. The third kappa shape index (κ3) is 5.39. The van der Waals surface area contributed by atoms with Crippen molar-refractivity contribution in [3.8, 4) is 17.3 Å². The fourth-order valence-electron chi connectivity index (χ4n) is 3.46. The quantitative estimate of drug-likeness (QED) is 0.165. The number of fused-ring (bicyclic) bond motifs is 1. The maximum Gasteiger partial charge on any atom is 0.338 e. The first kappa shape index (κ1) is 25.3. The van der Waals surface area contributed by atoms with E-state index >= 15 is 0 Å². The van der Waals surface area contributed by atoms with Crippen molar-refractivity contribution in [1.82, 2.24) is 14.8 Å². The summed E-state index contributed by atoms with van der Waals surface area (Å²) >= 11 is 7.40. The van der Waals surface area contributed by atoms with Gasteiger partial charge >= 0.3 is 5.97 Å². The zero-order valence-corrected chi connectivity index (χ0v) is 21.2. The molecule has 0 bridgehead atoms. The first-order valence-corrected chi connectivity index (χ1v) is 12.3. The van der Waals surface area contributed by atoms with Crippen molar-refractivity contribution in [3.05, 3.63) is 65.7 Å². The molecule has 0 spiro atoms. The van der Waals surface area contributed by atoms with Gasteiger partial charge in [-0.3, -0.25) is 9.36 Å². The Balaban J connectivity index is 1.51. The number of rotatable bonds is 10. The average molecular weight is 527 g/mol. The number of benzene rings is 2. The van der Waals surface area contributed by atoms with E-state index < -0.39 is 5.97 Å². The van der Waals surface area contributed by atoms with Crippen LogP contribution < -0.4 is 10.1 Å². The highest BCUT2D eigenvalue weighted by Gasteiger charge is 2.20. The van der Waals surface area contributed by atoms with Gasteiger partial charge in [-0.25, -0.2) is 4.79 Å². The monoisotopic (exact) mass is 526 g/mol. The van der Waals surface area contributed by atoms with E-state index in [2.05, 4.69) is 22.1 Å². The molecule has 0 aliphatic rings. The Morgan fingerprint density at radius 3 is 2.83 bits per heavy atom. The lowest BCUT2D eigenvalue weighted by molar-refractivity contribution is -0.113. The zero-order chi connectivity index (χ0) is 25.7. The molecular weight excluding hydrogens is 504 g/mol. The Labute approximate surface area is 216 Å². The number of allylic oxidation sites excluding steroid dienone is 1. The summed E-state index contributed by atoms with van der Waals surface area (Å²) in [5, 5.41) is 12.9. The highest BCUT2D eigenvalue weighted by atomic mass is 35.5. The first-order valence-electron chi connectivity index (χ1n) is 11.0. The number of esters is 1. The minimum Gasteiger partial charge on any atom is -0.493 e. The number of hydrogen-bond donors (Lipinski definition) is 1. The third-order valence-electron chi connectivity index (χ3n) is 5.06. The Morgan fingerprint density at radius 1 is 1.25 bits per heavy atom. The lowest BCUT2D eigenvalue weighted by Crippen LogP contribution is -2.16. The number of amides is 1. The predicted octanol–water partition coefficient (Wildman–Crippen LogP) is 5.45. The van der Waals surface area contributed by atoms with Crippen molar-refractivity contribution in [1.29, 1.82) is 0 Å². The lowest BCUT2D eigenvalue weighted by Gasteiger charge is -2.10. The summed E-state index contributed by atoms with van der Waals surface area (Å²) < 4.78 is 18.2. The van der Waals surface area contributed by atoms with Gasteiger partial charge in [-0.1, -0.05) is 41.6 Å². The fourth-order valence-corrected chi connectivity index (χ4v) is 4.37. The molecule has 0 unspecified atom stereocenters. The molecule has 0 radical (unpaired) electrons. The highest BCUT2D eigenvalue weighted by Crippen LogP contribution is 2.34. The Hall–Kier alpha value is -3.76. The van der Waals surface area contributed by atoms with Gasteiger partial charge in [-0.05, 0) is 37.3 Å². The molecule has 0 saturated heterocycles. The molecule has 1 amide bonds. The largest absolute Gasteiger partial charge is 0.493 e. The zero-order valence-electron chi connectivity index (χ0n) is 19.6. The van der Waals surface area contributed by atoms with Crippen LogP contribution in [-0.4, -0.2) is 46.1 Å². The van der Waals surface area contributed by atoms with E-state index in [1.165, 1.54) is 30.0 Å². The summed E-state index contributed by atoms with van der Waals surface area (Å²) in [7, 11) is 1.58. The summed E-state index contributed by atoms with van der Waals surface area (Å²) in [5.74, 6) is 0.844. The molecule has 1 N–H and O–H groups in total. The molecular formula is C25H23ClN4O5S. The normalized spacial score (nSPS) is 10.9. The van der Waals surface area contributed by atoms with E-state index in [0.717, 1.165) is 5.39 Å². The minimum atomic E-state index is -0.493. The molecule has 0 aliphatic carbocycles. The number of halogens is 1. The van der Waals surface area contributed by atoms with Gasteiger partial charge in [0.2, 0.25) is 11.7 Å². The SMILES string of the molecule is C=CCn1c(SCC(=O)Nc2cc(C(=O)OCC)ccc2Cl)nnc1-c1cc2cccc(OC)c2o1. The molecule has 0 atom stereocenters. The number of methoxy groups -OCH3 is 1. The Kier molecular flexibility index (Phi) is 7.97. The summed E-state index contributed by atoms with van der Waals surface area (Å²) in [6.07, 6.45) is 1.71. The topological polar surface area (TPSA) is 108 Å². The molecule has 11 heteroatoms. The second-order valence-electron chi connectivity index (χ2n) is 7.45. The molecule has 2 aromatic heterocycles. The minimum absolute atomic E-state index is 0.0309. The maximum atomic E-state index is 12.7. The Bertz CT molecular complexity index is 1430. The number of thioether (sulfide) groups is 1. The molecule has 9 nitrogen and oxygen atoms in total. The fraction of sp³-hybridized carbons (Fsp3) is 0.200. The standard InChI is InChI=1S/C25H23ClN4O5S/c1-4-11-30-23(20-13-15-7-6-8-19(33-3)22(15)35-20)28-29-25(30)36-14-21(31)27-18-12-16(9-10-17(18)26)24(32)34-5-2/h4,6-10,12-13H,1,5,11,14H2,2-3H3,(H,27,31). The summed E-state index contributed by atoms with van der Waals surface area (Å²) in [6.45, 7) is 6.18. The van der Waals surface area contributed by atoms with Gasteiger partial charge in [0.15, 0.2) is 22.2 Å². The molecule has 2 heterocycles. The van der Waals surface area contributed by atoms with Crippen LogP contribution in [0.5, 0.6) is 5.75 Å². The number of carbonyl (C=O) groups excluding carboxylic acids is 2. The number of anilines is 1. The molecule has 0 aliphatic heterocycles. The Morgan fingerprint density at radius 2 is 2.08 bits per heavy atom. The first-order chi connectivity index (χ1) is 17.4. The molecule has 186 valence electrons. The van der Waals surface area contributed by atoms with Gasteiger partial charge in [0, 0.05) is 11.9 Å². The van der Waals surface area contributed by atoms with Crippen LogP contribution in [-0.2, 0) is 16.1 Å². The van der Waals surface area contributed by atoms with Crippen molar-refractivity contribution >= 4 is 51.9 Å². The van der Waals surface area contributed by atoms with Gasteiger partial charge in [-0.15, -0.1) is 16.8 Å². The van der Waals surface area contributed by atoms with E-state index in [1.54, 1.807) is 20.1 Å². The molecule has 0 fully saturated rings. The van der Waals surface area contributed by atoms with Gasteiger partial charge in [-0.2, -0.15) is 0 Å². The van der Waals surface area contributed by atoms with E-state index in [0.29, 0.717) is 50.9 Å². The van der Waals surface area contributed by atoms with Crippen LogP contribution in [0, 0.1) is 0 Å². The lowest BCUT2D eigenvalue weighted by atomic mass is 10.2. The predicted molar refractivity (Wildman–Crippen MR) is 139 cm³/mol. The van der Waals surface area contributed by atoms with Gasteiger partial charge in [0.25, 0.3) is 0 Å². The van der Waals surface area contributed by atoms with Crippen LogP contribution in [0.2, 0.25) is 5.02 Å². The second kappa shape index (κ2) is 11.3. The van der Waals surface area contributed by atoms with Crippen LogP contribution in [0.4, 0.5) is 5.69 Å². The van der Waals surface area contributed by atoms with Crippen molar-refractivity contribution in [3.63, 3.8) is 0 Å². The number of carbonyl (C=O) groups is 2. The van der Waals surface area contributed by atoms with E-state index in [1.807, 2.05) is 28.8 Å².